The van der Waals surface area contributed by atoms with Crippen LogP contribution in [0.5, 0.6) is 0 Å². The van der Waals surface area contributed by atoms with Crippen molar-refractivity contribution in [3.63, 3.8) is 0 Å². The zero-order valence-corrected chi connectivity index (χ0v) is 8.64. The lowest BCUT2D eigenvalue weighted by atomic mass is 10.2. The summed E-state index contributed by atoms with van der Waals surface area (Å²) in [4.78, 5) is 0. The van der Waals surface area contributed by atoms with Gasteiger partial charge in [-0.15, -0.1) is 0 Å². The molecule has 3 atom stereocenters. The summed E-state index contributed by atoms with van der Waals surface area (Å²) < 4.78 is 48.8. The van der Waals surface area contributed by atoms with Gasteiger partial charge < -0.3 is 4.74 Å². The molecule has 2 heterocycles. The van der Waals surface area contributed by atoms with Gasteiger partial charge in [-0.2, -0.15) is 0 Å². The quantitative estimate of drug-likeness (QED) is 0.569. The van der Waals surface area contributed by atoms with Crippen LogP contribution in [-0.4, -0.2) is 45.6 Å². The van der Waals surface area contributed by atoms with Crippen molar-refractivity contribution < 1.29 is 21.6 Å². The molecule has 0 spiro atoms. The lowest BCUT2D eigenvalue weighted by Crippen LogP contribution is -2.60. The lowest BCUT2D eigenvalue weighted by molar-refractivity contribution is 0.111. The second-order valence-electron chi connectivity index (χ2n) is 3.45. The third-order valence-corrected chi connectivity index (χ3v) is 7.74. The molecule has 2 saturated heterocycles. The monoisotopic (exact) mass is 226 g/mol. The minimum absolute atomic E-state index is 0.348. The van der Waals surface area contributed by atoms with Crippen LogP contribution in [0.2, 0.25) is 0 Å². The van der Waals surface area contributed by atoms with Crippen LogP contribution in [0.1, 0.15) is 6.42 Å². The molecule has 0 aliphatic carbocycles. The number of fused-ring (bicyclic) bond motifs is 1. The van der Waals surface area contributed by atoms with E-state index in [4.69, 9.17) is 4.74 Å². The summed E-state index contributed by atoms with van der Waals surface area (Å²) in [6, 6.07) is 0. The van der Waals surface area contributed by atoms with E-state index in [0.717, 1.165) is 6.26 Å². The van der Waals surface area contributed by atoms with Crippen LogP contribution >= 0.6 is 0 Å². The maximum absolute atomic E-state index is 11.4. The van der Waals surface area contributed by atoms with Gasteiger partial charge in [0, 0.05) is 12.9 Å². The molecule has 13 heavy (non-hydrogen) atoms. The average Bonchev–Trinajstić information content (AvgIpc) is 2.28. The molecule has 0 aromatic heterocycles. The van der Waals surface area contributed by atoms with E-state index in [-0.39, 0.29) is 0 Å². The fourth-order valence-electron chi connectivity index (χ4n) is 1.95. The molecule has 0 aromatic carbocycles. The molecular weight excluding hydrogens is 216 g/mol. The van der Waals surface area contributed by atoms with E-state index >= 15 is 0 Å². The van der Waals surface area contributed by atoms with Gasteiger partial charge in [0.25, 0.3) is 0 Å². The van der Waals surface area contributed by atoms with Gasteiger partial charge in [0.15, 0.2) is 24.3 Å². The van der Waals surface area contributed by atoms with Gasteiger partial charge in [0.2, 0.25) is 0 Å². The first-order valence-corrected chi connectivity index (χ1v) is 7.45. The van der Waals surface area contributed by atoms with Gasteiger partial charge >= 0.3 is 0 Å². The number of ether oxygens (including phenoxy) is 1. The smallest absolute Gasteiger partial charge is 0.190 e. The van der Waals surface area contributed by atoms with E-state index < -0.39 is 35.6 Å². The molecular formula is C6H10O5S2. The average molecular weight is 226 g/mol. The van der Waals surface area contributed by atoms with Gasteiger partial charge in [-0.05, 0) is 6.42 Å². The van der Waals surface area contributed by atoms with E-state index in [1.54, 1.807) is 0 Å². The fraction of sp³-hybridized carbons (Fsp3) is 1.00. The molecule has 76 valence electrons. The predicted octanol–water partition coefficient (Wildman–Crippen LogP) is -1.06. The van der Waals surface area contributed by atoms with Crippen molar-refractivity contribution in [2.45, 2.75) is 22.4 Å². The Hall–Kier alpha value is -0.140. The Bertz CT molecular complexity index is 420. The Balaban J connectivity index is 2.43. The standard InChI is InChI=1S/C6H10O5S2/c1-12(7,8)6-5-4(2-3-11-5)13(6,9)10/h4-6H,2-3H2,1H3/t4-,5+,6?/m0/s1. The first-order valence-electron chi connectivity index (χ1n) is 3.88. The zero-order valence-electron chi connectivity index (χ0n) is 7.00. The summed E-state index contributed by atoms with van der Waals surface area (Å²) in [7, 11) is -7.01. The first kappa shape index (κ1) is 9.42. The summed E-state index contributed by atoms with van der Waals surface area (Å²) in [5, 5.41) is -0.577. The number of hydrogen-bond acceptors (Lipinski definition) is 5. The van der Waals surface area contributed by atoms with Crippen LogP contribution in [0.3, 0.4) is 0 Å². The molecule has 7 heteroatoms. The Labute approximate surface area is 76.9 Å². The normalized spacial score (nSPS) is 42.4. The Kier molecular flexibility index (Phi) is 1.78. The van der Waals surface area contributed by atoms with Crippen LogP contribution in [-0.2, 0) is 24.4 Å². The molecule has 0 N–H and O–H groups in total. The zero-order chi connectivity index (χ0) is 9.85. The van der Waals surface area contributed by atoms with E-state index in [1.807, 2.05) is 0 Å². The van der Waals surface area contributed by atoms with Crippen molar-refractivity contribution >= 4 is 19.7 Å². The molecule has 2 fully saturated rings. The molecule has 0 aromatic rings. The molecule has 5 nitrogen and oxygen atoms in total. The minimum atomic E-state index is -3.54. The Morgan fingerprint density at radius 3 is 2.54 bits per heavy atom. The topological polar surface area (TPSA) is 77.5 Å². The van der Waals surface area contributed by atoms with Crippen molar-refractivity contribution in [1.29, 1.82) is 0 Å². The first-order chi connectivity index (χ1) is 5.85. The maximum atomic E-state index is 11.4. The maximum Gasteiger partial charge on any atom is 0.190 e. The van der Waals surface area contributed by atoms with E-state index in [0.29, 0.717) is 13.0 Å². The van der Waals surface area contributed by atoms with Crippen molar-refractivity contribution in [2.24, 2.45) is 0 Å². The molecule has 0 amide bonds. The van der Waals surface area contributed by atoms with Crippen molar-refractivity contribution in [1.82, 2.24) is 0 Å². The van der Waals surface area contributed by atoms with Crippen molar-refractivity contribution in [3.8, 4) is 0 Å². The highest BCUT2D eigenvalue weighted by molar-refractivity contribution is 8.10. The predicted molar refractivity (Wildman–Crippen MR) is 45.7 cm³/mol. The summed E-state index contributed by atoms with van der Waals surface area (Å²) >= 11 is 0. The molecule has 0 bridgehead atoms. The highest BCUT2D eigenvalue weighted by Crippen LogP contribution is 2.41. The summed E-state index contributed by atoms with van der Waals surface area (Å²) in [6.45, 7) is 0.348. The summed E-state index contributed by atoms with van der Waals surface area (Å²) in [5.74, 6) is 0. The molecule has 0 radical (unpaired) electrons. The summed E-state index contributed by atoms with van der Waals surface area (Å²) in [5.41, 5.74) is 0. The van der Waals surface area contributed by atoms with Gasteiger partial charge in [0.05, 0.1) is 5.25 Å². The van der Waals surface area contributed by atoms with E-state index in [1.165, 1.54) is 0 Å². The fourth-order valence-corrected chi connectivity index (χ4v) is 6.93. The van der Waals surface area contributed by atoms with Gasteiger partial charge in [-0.3, -0.25) is 0 Å². The second kappa shape index (κ2) is 2.46. The molecule has 0 saturated carbocycles. The van der Waals surface area contributed by atoms with Crippen molar-refractivity contribution in [3.05, 3.63) is 0 Å². The van der Waals surface area contributed by atoms with Gasteiger partial charge in [-0.25, -0.2) is 16.8 Å². The third kappa shape index (κ3) is 1.14. The van der Waals surface area contributed by atoms with Crippen LogP contribution < -0.4 is 0 Å². The molecule has 2 rings (SSSR count). The van der Waals surface area contributed by atoms with E-state index in [2.05, 4.69) is 0 Å². The highest BCUT2D eigenvalue weighted by Gasteiger charge is 2.63. The number of sulfone groups is 2. The third-order valence-electron chi connectivity index (χ3n) is 2.52. The van der Waals surface area contributed by atoms with Crippen LogP contribution in [0.15, 0.2) is 0 Å². The Morgan fingerprint density at radius 2 is 2.00 bits per heavy atom. The molecule has 2 aliphatic rings. The minimum Gasteiger partial charge on any atom is -0.374 e. The highest BCUT2D eigenvalue weighted by atomic mass is 32.3. The van der Waals surface area contributed by atoms with Crippen LogP contribution in [0.25, 0.3) is 0 Å². The second-order valence-corrected chi connectivity index (χ2v) is 8.21. The Morgan fingerprint density at radius 1 is 1.38 bits per heavy atom. The number of rotatable bonds is 1. The largest absolute Gasteiger partial charge is 0.374 e. The van der Waals surface area contributed by atoms with Gasteiger partial charge in [-0.1, -0.05) is 0 Å². The number of hydrogen-bond donors (Lipinski definition) is 0. The summed E-state index contributed by atoms with van der Waals surface area (Å²) in [6.07, 6.45) is 0.756. The van der Waals surface area contributed by atoms with Gasteiger partial charge in [0.1, 0.15) is 6.10 Å². The van der Waals surface area contributed by atoms with E-state index in [9.17, 15) is 16.8 Å². The van der Waals surface area contributed by atoms with Crippen LogP contribution in [0.4, 0.5) is 0 Å². The van der Waals surface area contributed by atoms with Crippen molar-refractivity contribution in [2.75, 3.05) is 12.9 Å². The SMILES string of the molecule is CS(=O)(=O)C1[C@@H]2OCC[C@@H]2S1(=O)=O. The lowest BCUT2D eigenvalue weighted by Gasteiger charge is -2.36. The van der Waals surface area contributed by atoms with Crippen LogP contribution in [0, 0.1) is 0 Å². The molecule has 1 unspecified atom stereocenters. The molecule has 2 aliphatic heterocycles.